The lowest BCUT2D eigenvalue weighted by Crippen LogP contribution is -2.44. The Balaban J connectivity index is 1.74. The van der Waals surface area contributed by atoms with E-state index in [9.17, 15) is 13.2 Å². The van der Waals surface area contributed by atoms with Crippen molar-refractivity contribution in [2.75, 3.05) is 49.6 Å². The van der Waals surface area contributed by atoms with Gasteiger partial charge in [0.15, 0.2) is 5.82 Å². The first-order chi connectivity index (χ1) is 16.8. The maximum absolute atomic E-state index is 12.5. The fourth-order valence-electron chi connectivity index (χ4n) is 3.55. The van der Waals surface area contributed by atoms with E-state index in [1.807, 2.05) is 13.8 Å². The molecule has 1 saturated heterocycles. The first-order valence-electron chi connectivity index (χ1n) is 11.3. The smallest absolute Gasteiger partial charge is 0.372 e. The third-order valence-electron chi connectivity index (χ3n) is 5.14. The van der Waals surface area contributed by atoms with Crippen LogP contribution in [0.25, 0.3) is 11.0 Å². The van der Waals surface area contributed by atoms with Gasteiger partial charge in [0.05, 0.1) is 25.9 Å². The van der Waals surface area contributed by atoms with Crippen LogP contribution in [-0.2, 0) is 22.6 Å². The SMILES string of the molecule is CC(C)OCc1nn(CCOCC(F)(F)F)c2c(Nc3ccncn3)nc(N3CCNCC3)nc12. The highest BCUT2D eigenvalue weighted by Gasteiger charge is 2.28. The predicted octanol–water partition coefficient (Wildman–Crippen LogP) is 2.27. The van der Waals surface area contributed by atoms with Gasteiger partial charge in [0.25, 0.3) is 0 Å². The molecule has 0 aliphatic carbocycles. The molecule has 0 amide bonds. The Labute approximate surface area is 200 Å². The van der Waals surface area contributed by atoms with Crippen LogP contribution in [-0.4, -0.2) is 81.4 Å². The van der Waals surface area contributed by atoms with E-state index in [0.29, 0.717) is 34.3 Å². The molecule has 0 bridgehead atoms. The van der Waals surface area contributed by atoms with E-state index in [1.165, 1.54) is 6.33 Å². The fourth-order valence-corrected chi connectivity index (χ4v) is 3.55. The summed E-state index contributed by atoms with van der Waals surface area (Å²) >= 11 is 0. The van der Waals surface area contributed by atoms with Gasteiger partial charge in [0.1, 0.15) is 35.5 Å². The molecule has 11 nitrogen and oxygen atoms in total. The molecule has 14 heteroatoms. The Morgan fingerprint density at radius 1 is 1.20 bits per heavy atom. The van der Waals surface area contributed by atoms with Crippen molar-refractivity contribution in [2.45, 2.75) is 39.3 Å². The van der Waals surface area contributed by atoms with Crippen LogP contribution >= 0.6 is 0 Å². The van der Waals surface area contributed by atoms with Crippen LogP contribution in [0.15, 0.2) is 18.6 Å². The van der Waals surface area contributed by atoms with Gasteiger partial charge in [-0.1, -0.05) is 0 Å². The quantitative estimate of drug-likeness (QED) is 0.406. The highest BCUT2D eigenvalue weighted by Crippen LogP contribution is 2.29. The van der Waals surface area contributed by atoms with Crippen LogP contribution in [0.4, 0.5) is 30.8 Å². The van der Waals surface area contributed by atoms with Crippen molar-refractivity contribution in [1.82, 2.24) is 35.0 Å². The second-order valence-corrected chi connectivity index (χ2v) is 8.22. The number of alkyl halides is 3. The number of halogens is 3. The van der Waals surface area contributed by atoms with Gasteiger partial charge in [0, 0.05) is 32.4 Å². The van der Waals surface area contributed by atoms with Crippen LogP contribution < -0.4 is 15.5 Å². The van der Waals surface area contributed by atoms with Gasteiger partial charge >= 0.3 is 6.18 Å². The summed E-state index contributed by atoms with van der Waals surface area (Å²) in [5.41, 5.74) is 1.65. The monoisotopic (exact) mass is 495 g/mol. The largest absolute Gasteiger partial charge is 0.411 e. The van der Waals surface area contributed by atoms with E-state index >= 15 is 0 Å². The molecule has 0 spiro atoms. The van der Waals surface area contributed by atoms with E-state index in [4.69, 9.17) is 19.4 Å². The molecule has 1 aliphatic rings. The molecule has 0 aromatic carbocycles. The fraction of sp³-hybridized carbons (Fsp3) is 0.571. The summed E-state index contributed by atoms with van der Waals surface area (Å²) in [5.74, 6) is 1.46. The number of hydrogen-bond acceptors (Lipinski definition) is 10. The van der Waals surface area contributed by atoms with Crippen LogP contribution in [0.1, 0.15) is 19.5 Å². The Bertz CT molecular complexity index is 1100. The standard InChI is InChI=1S/C21H28F3N9O2/c1-14(2)35-11-15-17-18(33(31-15)9-10-34-12-21(22,23)24)19(28-16-3-4-26-13-27-16)30-20(29-17)32-7-5-25-6-8-32/h3-4,13-14,25H,5-12H2,1-2H3,(H,26,27,28,29,30). The van der Waals surface area contributed by atoms with Crippen LogP contribution in [0.5, 0.6) is 0 Å². The highest BCUT2D eigenvalue weighted by molar-refractivity contribution is 5.90. The molecule has 190 valence electrons. The summed E-state index contributed by atoms with van der Waals surface area (Å²) < 4.78 is 49.7. The number of anilines is 3. The second-order valence-electron chi connectivity index (χ2n) is 8.22. The molecule has 3 aromatic rings. The number of fused-ring (bicyclic) bond motifs is 1. The Morgan fingerprint density at radius 3 is 2.69 bits per heavy atom. The van der Waals surface area contributed by atoms with E-state index in [2.05, 4.69) is 30.6 Å². The van der Waals surface area contributed by atoms with Gasteiger partial charge in [-0.25, -0.2) is 15.0 Å². The molecule has 35 heavy (non-hydrogen) atoms. The number of rotatable bonds is 10. The predicted molar refractivity (Wildman–Crippen MR) is 123 cm³/mol. The third kappa shape index (κ3) is 6.74. The van der Waals surface area contributed by atoms with Crippen molar-refractivity contribution in [3.63, 3.8) is 0 Å². The molecule has 4 rings (SSSR count). The summed E-state index contributed by atoms with van der Waals surface area (Å²) in [7, 11) is 0. The molecule has 4 heterocycles. The first kappa shape index (κ1) is 25.0. The van der Waals surface area contributed by atoms with Crippen molar-refractivity contribution in [3.05, 3.63) is 24.3 Å². The highest BCUT2D eigenvalue weighted by atomic mass is 19.4. The molecule has 0 unspecified atom stereocenters. The van der Waals surface area contributed by atoms with Crippen LogP contribution in [0.2, 0.25) is 0 Å². The minimum atomic E-state index is -4.40. The zero-order valence-corrected chi connectivity index (χ0v) is 19.5. The normalized spacial score (nSPS) is 14.7. The van der Waals surface area contributed by atoms with Gasteiger partial charge in [-0.2, -0.15) is 23.3 Å². The van der Waals surface area contributed by atoms with Gasteiger partial charge in [-0.15, -0.1) is 0 Å². The van der Waals surface area contributed by atoms with Gasteiger partial charge < -0.3 is 25.0 Å². The molecular weight excluding hydrogens is 467 g/mol. The molecule has 2 N–H and O–H groups in total. The molecule has 0 radical (unpaired) electrons. The van der Waals surface area contributed by atoms with Crippen LogP contribution in [0, 0.1) is 0 Å². The topological polar surface area (TPSA) is 115 Å². The minimum absolute atomic E-state index is 0.0431. The summed E-state index contributed by atoms with van der Waals surface area (Å²) in [6, 6.07) is 1.69. The van der Waals surface area contributed by atoms with Crippen molar-refractivity contribution in [2.24, 2.45) is 0 Å². The van der Waals surface area contributed by atoms with E-state index in [-0.39, 0.29) is 25.9 Å². The Morgan fingerprint density at radius 2 is 2.00 bits per heavy atom. The summed E-state index contributed by atoms with van der Waals surface area (Å²) in [6.45, 7) is 5.63. The van der Waals surface area contributed by atoms with Gasteiger partial charge in [-0.05, 0) is 19.9 Å². The Hall–Kier alpha value is -3.10. The zero-order chi connectivity index (χ0) is 24.8. The Kier molecular flexibility index (Phi) is 7.93. The maximum atomic E-state index is 12.5. The van der Waals surface area contributed by atoms with Crippen LogP contribution in [0.3, 0.4) is 0 Å². The minimum Gasteiger partial charge on any atom is -0.372 e. The third-order valence-corrected chi connectivity index (χ3v) is 5.14. The zero-order valence-electron chi connectivity index (χ0n) is 19.5. The number of nitrogens with one attached hydrogen (secondary N) is 2. The molecule has 1 aliphatic heterocycles. The summed E-state index contributed by atoms with van der Waals surface area (Å²) in [5, 5.41) is 11.1. The lowest BCUT2D eigenvalue weighted by Gasteiger charge is -2.27. The van der Waals surface area contributed by atoms with E-state index < -0.39 is 12.8 Å². The lowest BCUT2D eigenvalue weighted by molar-refractivity contribution is -0.174. The first-order valence-corrected chi connectivity index (χ1v) is 11.3. The van der Waals surface area contributed by atoms with Crippen molar-refractivity contribution < 1.29 is 22.6 Å². The van der Waals surface area contributed by atoms with Crippen molar-refractivity contribution >= 4 is 28.6 Å². The van der Waals surface area contributed by atoms with E-state index in [1.54, 1.807) is 16.9 Å². The number of piperazine rings is 1. The number of hydrogen-bond donors (Lipinski definition) is 2. The summed E-state index contributed by atoms with van der Waals surface area (Å²) in [6.07, 6.45) is -1.45. The number of nitrogens with zero attached hydrogens (tertiary/aromatic N) is 7. The summed E-state index contributed by atoms with van der Waals surface area (Å²) in [4.78, 5) is 19.8. The van der Waals surface area contributed by atoms with Gasteiger partial charge in [0.2, 0.25) is 5.95 Å². The maximum Gasteiger partial charge on any atom is 0.411 e. The average molecular weight is 496 g/mol. The molecule has 0 saturated carbocycles. The van der Waals surface area contributed by atoms with E-state index in [0.717, 1.165) is 26.2 Å². The molecule has 0 atom stereocenters. The molecule has 1 fully saturated rings. The average Bonchev–Trinajstić information content (AvgIpc) is 3.19. The van der Waals surface area contributed by atoms with Gasteiger partial charge in [-0.3, -0.25) is 4.68 Å². The number of ether oxygens (including phenoxy) is 2. The second kappa shape index (κ2) is 11.1. The molecular formula is C21H28F3N9O2. The van der Waals surface area contributed by atoms with Crippen molar-refractivity contribution in [1.29, 1.82) is 0 Å². The van der Waals surface area contributed by atoms with Crippen molar-refractivity contribution in [3.8, 4) is 0 Å². The molecule has 3 aromatic heterocycles. The number of aromatic nitrogens is 6. The lowest BCUT2D eigenvalue weighted by atomic mass is 10.3.